The van der Waals surface area contributed by atoms with Gasteiger partial charge in [-0.3, -0.25) is 0 Å². The Bertz CT molecular complexity index is 1300. The van der Waals surface area contributed by atoms with E-state index in [2.05, 4.69) is 15.0 Å². The molecule has 8 heteroatoms. The van der Waals surface area contributed by atoms with Crippen molar-refractivity contribution in [2.45, 2.75) is 64.3 Å². The Morgan fingerprint density at radius 2 is 1.97 bits per heavy atom. The molecule has 0 spiro atoms. The summed E-state index contributed by atoms with van der Waals surface area (Å²) in [5.41, 5.74) is 5.49. The summed E-state index contributed by atoms with van der Waals surface area (Å²) in [5.74, 6) is 0.829. The Labute approximate surface area is 196 Å². The van der Waals surface area contributed by atoms with E-state index >= 15 is 0 Å². The van der Waals surface area contributed by atoms with E-state index in [1.165, 1.54) is 49.8 Å². The third-order valence-corrected chi connectivity index (χ3v) is 7.57. The van der Waals surface area contributed by atoms with Crippen molar-refractivity contribution in [1.82, 2.24) is 24.3 Å². The maximum atomic E-state index is 14.9. The zero-order chi connectivity index (χ0) is 22.4. The smallest absolute Gasteiger partial charge is 0.188 e. The summed E-state index contributed by atoms with van der Waals surface area (Å²) in [5, 5.41) is 11.4. The van der Waals surface area contributed by atoms with Gasteiger partial charge >= 0.3 is 0 Å². The van der Waals surface area contributed by atoms with E-state index in [4.69, 9.17) is 10.1 Å². The van der Waals surface area contributed by atoms with Crippen molar-refractivity contribution in [3.63, 3.8) is 0 Å². The number of nitrogens with one attached hydrogen (secondary N) is 1. The lowest BCUT2D eigenvalue weighted by Crippen LogP contribution is -2.10. The largest absolute Gasteiger partial charge is 0.316 e. The molecule has 0 radical (unpaired) electrons. The van der Waals surface area contributed by atoms with Crippen LogP contribution in [0.4, 0.5) is 15.3 Å². The molecule has 4 aromatic rings. The summed E-state index contributed by atoms with van der Waals surface area (Å²) in [6.07, 6.45) is 13.0. The first kappa shape index (κ1) is 20.6. The number of rotatable bonds is 5. The average Bonchev–Trinajstić information content (AvgIpc) is 3.62. The number of aryl methyl sites for hydroxylation is 2. The van der Waals surface area contributed by atoms with Gasteiger partial charge in [0.2, 0.25) is 0 Å². The van der Waals surface area contributed by atoms with Crippen LogP contribution in [0.25, 0.3) is 16.9 Å². The van der Waals surface area contributed by atoms with Crippen LogP contribution in [0, 0.1) is 12.7 Å². The molecule has 0 atom stereocenters. The van der Waals surface area contributed by atoms with Gasteiger partial charge in [-0.25, -0.2) is 19.0 Å². The second-order valence-electron chi connectivity index (χ2n) is 9.12. The Morgan fingerprint density at radius 3 is 2.76 bits per heavy atom. The number of benzene rings is 1. The number of anilines is 2. The molecular weight excluding hydrogens is 435 g/mol. The minimum atomic E-state index is -0.291. The van der Waals surface area contributed by atoms with Crippen LogP contribution >= 0.6 is 11.3 Å². The van der Waals surface area contributed by atoms with Crippen LogP contribution in [0.5, 0.6) is 0 Å². The van der Waals surface area contributed by atoms with Crippen molar-refractivity contribution in [3.05, 3.63) is 58.9 Å². The molecule has 3 aromatic heterocycles. The van der Waals surface area contributed by atoms with Crippen LogP contribution in [0.15, 0.2) is 36.1 Å². The second kappa shape index (κ2) is 8.41. The molecule has 2 aliphatic rings. The van der Waals surface area contributed by atoms with Gasteiger partial charge in [-0.15, -0.1) is 11.3 Å². The lowest BCUT2D eigenvalue weighted by molar-refractivity contribution is 0.468. The van der Waals surface area contributed by atoms with E-state index in [1.807, 2.05) is 24.6 Å². The molecule has 3 heterocycles. The lowest BCUT2D eigenvalue weighted by Gasteiger charge is -2.16. The summed E-state index contributed by atoms with van der Waals surface area (Å²) >= 11 is 1.55. The van der Waals surface area contributed by atoms with E-state index in [-0.39, 0.29) is 5.82 Å². The molecule has 6 nitrogen and oxygen atoms in total. The van der Waals surface area contributed by atoms with Crippen molar-refractivity contribution < 1.29 is 4.39 Å². The van der Waals surface area contributed by atoms with Gasteiger partial charge in [0.15, 0.2) is 5.13 Å². The number of halogens is 1. The topological polar surface area (TPSA) is 60.6 Å². The lowest BCUT2D eigenvalue weighted by atomic mass is 9.97. The summed E-state index contributed by atoms with van der Waals surface area (Å²) in [6.45, 7) is 1.89. The number of hydrogen-bond acceptors (Lipinski definition) is 5. The molecular formula is C25H27FN6S. The molecule has 1 saturated carbocycles. The quantitative estimate of drug-likeness (QED) is 0.374. The molecule has 2 aliphatic carbocycles. The molecule has 170 valence electrons. The van der Waals surface area contributed by atoms with Gasteiger partial charge < -0.3 is 9.88 Å². The standard InChI is InChI=1S/C25H27FN6S/c1-16-13-31(15-27-16)23-11-10-17(12-20(23)26)22-14-33-25(28-22)29-24-19-8-4-5-9-21(19)30-32(24)18-6-2-3-7-18/h10-15,18H,2-9H2,1H3,(H,28,29). The number of aromatic nitrogens is 5. The molecule has 6 rings (SSSR count). The van der Waals surface area contributed by atoms with Crippen LogP contribution in [-0.4, -0.2) is 24.3 Å². The molecule has 1 N–H and O–H groups in total. The van der Waals surface area contributed by atoms with Gasteiger partial charge in [-0.1, -0.05) is 18.9 Å². The highest BCUT2D eigenvalue weighted by atomic mass is 32.1. The number of hydrogen-bond donors (Lipinski definition) is 1. The average molecular weight is 463 g/mol. The first-order valence-corrected chi connectivity index (χ1v) is 12.7. The highest BCUT2D eigenvalue weighted by Crippen LogP contribution is 2.38. The van der Waals surface area contributed by atoms with Gasteiger partial charge in [0.05, 0.1) is 35.1 Å². The Morgan fingerprint density at radius 1 is 1.12 bits per heavy atom. The number of fused-ring (bicyclic) bond motifs is 1. The number of nitrogens with zero attached hydrogens (tertiary/aromatic N) is 5. The summed E-state index contributed by atoms with van der Waals surface area (Å²) in [7, 11) is 0. The zero-order valence-corrected chi connectivity index (χ0v) is 19.5. The van der Waals surface area contributed by atoms with Crippen LogP contribution in [0.2, 0.25) is 0 Å². The van der Waals surface area contributed by atoms with E-state index < -0.39 is 0 Å². The molecule has 0 bridgehead atoms. The van der Waals surface area contributed by atoms with Gasteiger partial charge in [-0.05, 0) is 57.6 Å². The fourth-order valence-electron chi connectivity index (χ4n) is 5.11. The molecule has 1 fully saturated rings. The fraction of sp³-hybridized carbons (Fsp3) is 0.400. The van der Waals surface area contributed by atoms with E-state index in [0.717, 1.165) is 40.7 Å². The summed E-state index contributed by atoms with van der Waals surface area (Å²) in [4.78, 5) is 8.99. The third-order valence-electron chi connectivity index (χ3n) is 6.82. The Balaban J connectivity index is 1.29. The maximum absolute atomic E-state index is 14.9. The van der Waals surface area contributed by atoms with Crippen LogP contribution in [-0.2, 0) is 12.8 Å². The number of imidazole rings is 1. The fourth-order valence-corrected chi connectivity index (χ4v) is 5.83. The van der Waals surface area contributed by atoms with Crippen LogP contribution in [0.1, 0.15) is 61.5 Å². The van der Waals surface area contributed by atoms with Crippen molar-refractivity contribution >= 4 is 22.3 Å². The number of thiazole rings is 1. The molecule has 0 amide bonds. The van der Waals surface area contributed by atoms with Crippen molar-refractivity contribution in [2.24, 2.45) is 0 Å². The first-order valence-electron chi connectivity index (χ1n) is 11.8. The molecule has 0 saturated heterocycles. The van der Waals surface area contributed by atoms with Crippen molar-refractivity contribution in [2.75, 3.05) is 5.32 Å². The van der Waals surface area contributed by atoms with E-state index in [0.29, 0.717) is 11.7 Å². The SMILES string of the molecule is Cc1cn(-c2ccc(-c3csc(Nc4c5c(nn4C4CCCC4)CCCC5)n3)cc2F)cn1. The van der Waals surface area contributed by atoms with Crippen LogP contribution < -0.4 is 5.32 Å². The monoisotopic (exact) mass is 462 g/mol. The molecule has 0 aliphatic heterocycles. The zero-order valence-electron chi connectivity index (χ0n) is 18.7. The van der Waals surface area contributed by atoms with Gasteiger partial charge in [0, 0.05) is 22.7 Å². The minimum absolute atomic E-state index is 0.291. The first-order chi connectivity index (χ1) is 16.2. The highest BCUT2D eigenvalue weighted by molar-refractivity contribution is 7.14. The van der Waals surface area contributed by atoms with E-state index in [9.17, 15) is 4.39 Å². The molecule has 0 unspecified atom stereocenters. The maximum Gasteiger partial charge on any atom is 0.188 e. The summed E-state index contributed by atoms with van der Waals surface area (Å²) in [6, 6.07) is 5.72. The molecule has 33 heavy (non-hydrogen) atoms. The third kappa shape index (κ3) is 3.86. The normalized spacial score (nSPS) is 16.3. The predicted molar refractivity (Wildman–Crippen MR) is 129 cm³/mol. The van der Waals surface area contributed by atoms with Crippen molar-refractivity contribution in [3.8, 4) is 16.9 Å². The van der Waals surface area contributed by atoms with Gasteiger partial charge in [-0.2, -0.15) is 5.10 Å². The Kier molecular flexibility index (Phi) is 5.25. The molecule has 1 aromatic carbocycles. The minimum Gasteiger partial charge on any atom is -0.316 e. The Hall–Kier alpha value is -3.00. The van der Waals surface area contributed by atoms with Gasteiger partial charge in [0.1, 0.15) is 11.6 Å². The van der Waals surface area contributed by atoms with Crippen LogP contribution in [0.3, 0.4) is 0 Å². The van der Waals surface area contributed by atoms with Gasteiger partial charge in [0.25, 0.3) is 0 Å². The van der Waals surface area contributed by atoms with E-state index in [1.54, 1.807) is 34.4 Å². The predicted octanol–water partition coefficient (Wildman–Crippen LogP) is 6.38. The van der Waals surface area contributed by atoms with Crippen molar-refractivity contribution in [1.29, 1.82) is 0 Å². The highest BCUT2D eigenvalue weighted by Gasteiger charge is 2.27. The summed E-state index contributed by atoms with van der Waals surface area (Å²) < 4.78 is 18.8. The second-order valence-corrected chi connectivity index (χ2v) is 9.97.